The van der Waals surface area contributed by atoms with Crippen LogP contribution in [0.2, 0.25) is 0 Å². The zero-order valence-corrected chi connectivity index (χ0v) is 14.3. The molecule has 0 aliphatic rings. The zero-order valence-electron chi connectivity index (χ0n) is 14.3. The molecule has 27 heavy (non-hydrogen) atoms. The van der Waals surface area contributed by atoms with Crippen molar-refractivity contribution >= 4 is 22.6 Å². The number of hydrogen-bond acceptors (Lipinski definition) is 4. The molecule has 3 rings (SSSR count). The highest BCUT2D eigenvalue weighted by molar-refractivity contribution is 5.89. The number of carbonyl (C=O) groups excluding carboxylic acids is 2. The zero-order chi connectivity index (χ0) is 19.1. The molecule has 0 radical (unpaired) electrons. The lowest BCUT2D eigenvalue weighted by molar-refractivity contribution is -0.130. The lowest BCUT2D eigenvalue weighted by Crippen LogP contribution is -2.45. The number of rotatable bonds is 6. The summed E-state index contributed by atoms with van der Waals surface area (Å²) in [5, 5.41) is 1.89. The summed E-state index contributed by atoms with van der Waals surface area (Å²) in [6, 6.07) is 18.5. The van der Waals surface area contributed by atoms with E-state index >= 15 is 0 Å². The maximum atomic E-state index is 12.8. The Morgan fingerprint density at radius 2 is 1.41 bits per heavy atom. The van der Waals surface area contributed by atoms with E-state index in [0.717, 1.165) is 10.8 Å². The lowest BCUT2D eigenvalue weighted by atomic mass is 10.1. The van der Waals surface area contributed by atoms with E-state index in [1.54, 1.807) is 6.07 Å². The number of halogens is 1. The molecule has 3 aromatic rings. The summed E-state index contributed by atoms with van der Waals surface area (Å²) < 4.78 is 23.5. The standard InChI is InChI=1S/C20H17FN2O4/c21-15-8-10-16(11-9-15)26-12-19(24)22-23-20(25)13-27-18-7-3-5-14-4-1-2-6-17(14)18/h1-11H,12-13H2,(H,22,24)(H,23,25). The third-order valence-corrected chi connectivity index (χ3v) is 3.63. The van der Waals surface area contributed by atoms with Gasteiger partial charge in [0.2, 0.25) is 0 Å². The number of benzene rings is 3. The average molecular weight is 368 g/mol. The predicted molar refractivity (Wildman–Crippen MR) is 97.6 cm³/mol. The molecule has 0 bridgehead atoms. The lowest BCUT2D eigenvalue weighted by Gasteiger charge is -2.11. The largest absolute Gasteiger partial charge is 0.484 e. The minimum Gasteiger partial charge on any atom is -0.484 e. The van der Waals surface area contributed by atoms with Crippen molar-refractivity contribution in [1.29, 1.82) is 0 Å². The molecule has 0 aliphatic carbocycles. The first-order valence-electron chi connectivity index (χ1n) is 8.18. The molecule has 0 atom stereocenters. The van der Waals surface area contributed by atoms with Gasteiger partial charge in [0, 0.05) is 5.39 Å². The van der Waals surface area contributed by atoms with Crippen LogP contribution in [0.15, 0.2) is 66.7 Å². The molecule has 0 heterocycles. The van der Waals surface area contributed by atoms with E-state index in [-0.39, 0.29) is 13.2 Å². The summed E-state index contributed by atoms with van der Waals surface area (Å²) >= 11 is 0. The summed E-state index contributed by atoms with van der Waals surface area (Å²) in [5.74, 6) is -0.549. The van der Waals surface area contributed by atoms with Crippen LogP contribution in [0.1, 0.15) is 0 Å². The Morgan fingerprint density at radius 1 is 0.778 bits per heavy atom. The quantitative estimate of drug-likeness (QED) is 0.656. The van der Waals surface area contributed by atoms with Crippen molar-refractivity contribution < 1.29 is 23.5 Å². The number of ether oxygens (including phenoxy) is 2. The fraction of sp³-hybridized carbons (Fsp3) is 0.100. The normalized spacial score (nSPS) is 10.3. The highest BCUT2D eigenvalue weighted by Gasteiger charge is 2.08. The van der Waals surface area contributed by atoms with Gasteiger partial charge >= 0.3 is 0 Å². The van der Waals surface area contributed by atoms with Crippen LogP contribution in [0, 0.1) is 5.82 Å². The van der Waals surface area contributed by atoms with Crippen LogP contribution >= 0.6 is 0 Å². The second-order valence-electron chi connectivity index (χ2n) is 5.60. The molecular formula is C20H17FN2O4. The van der Waals surface area contributed by atoms with Crippen LogP contribution in [-0.4, -0.2) is 25.0 Å². The smallest absolute Gasteiger partial charge is 0.276 e. The van der Waals surface area contributed by atoms with Crippen LogP contribution < -0.4 is 20.3 Å². The Hall–Kier alpha value is -3.61. The van der Waals surface area contributed by atoms with Gasteiger partial charge in [0.15, 0.2) is 13.2 Å². The maximum Gasteiger partial charge on any atom is 0.276 e. The average Bonchev–Trinajstić information content (AvgIpc) is 2.70. The van der Waals surface area contributed by atoms with Gasteiger partial charge in [-0.1, -0.05) is 36.4 Å². The van der Waals surface area contributed by atoms with Gasteiger partial charge in [-0.05, 0) is 35.7 Å². The van der Waals surface area contributed by atoms with E-state index in [0.29, 0.717) is 11.5 Å². The Kier molecular flexibility index (Phi) is 5.84. The predicted octanol–water partition coefficient (Wildman–Crippen LogP) is 2.58. The van der Waals surface area contributed by atoms with E-state index < -0.39 is 17.6 Å². The van der Waals surface area contributed by atoms with Crippen molar-refractivity contribution in [2.45, 2.75) is 0 Å². The van der Waals surface area contributed by atoms with Gasteiger partial charge in [0.25, 0.3) is 11.8 Å². The highest BCUT2D eigenvalue weighted by atomic mass is 19.1. The summed E-state index contributed by atoms with van der Waals surface area (Å²) in [5.41, 5.74) is 4.46. The second kappa shape index (κ2) is 8.66. The van der Waals surface area contributed by atoms with Crippen molar-refractivity contribution in [2.75, 3.05) is 13.2 Å². The van der Waals surface area contributed by atoms with Gasteiger partial charge in [-0.3, -0.25) is 20.4 Å². The van der Waals surface area contributed by atoms with Crippen LogP contribution in [0.25, 0.3) is 10.8 Å². The van der Waals surface area contributed by atoms with Gasteiger partial charge in [-0.15, -0.1) is 0 Å². The fourth-order valence-corrected chi connectivity index (χ4v) is 2.36. The van der Waals surface area contributed by atoms with E-state index in [4.69, 9.17) is 9.47 Å². The molecule has 0 fully saturated rings. The van der Waals surface area contributed by atoms with Crippen molar-refractivity contribution in [2.24, 2.45) is 0 Å². The summed E-state index contributed by atoms with van der Waals surface area (Å²) in [7, 11) is 0. The molecule has 0 aromatic heterocycles. The molecule has 2 N–H and O–H groups in total. The van der Waals surface area contributed by atoms with E-state index in [1.807, 2.05) is 36.4 Å². The molecule has 0 unspecified atom stereocenters. The number of amides is 2. The number of hydrazine groups is 1. The first-order chi connectivity index (χ1) is 13.1. The Bertz CT molecular complexity index is 939. The molecule has 0 saturated carbocycles. The minimum absolute atomic E-state index is 0.257. The van der Waals surface area contributed by atoms with Crippen LogP contribution in [0.4, 0.5) is 4.39 Å². The van der Waals surface area contributed by atoms with Gasteiger partial charge in [0.1, 0.15) is 17.3 Å². The van der Waals surface area contributed by atoms with Crippen LogP contribution in [-0.2, 0) is 9.59 Å². The number of hydrogen-bond donors (Lipinski definition) is 2. The summed E-state index contributed by atoms with van der Waals surface area (Å²) in [6.07, 6.45) is 0. The van der Waals surface area contributed by atoms with Crippen LogP contribution in [0.3, 0.4) is 0 Å². The highest BCUT2D eigenvalue weighted by Crippen LogP contribution is 2.24. The first-order valence-corrected chi connectivity index (χ1v) is 8.18. The van der Waals surface area contributed by atoms with Crippen molar-refractivity contribution in [3.63, 3.8) is 0 Å². The maximum absolute atomic E-state index is 12.8. The Balaban J connectivity index is 1.42. The topological polar surface area (TPSA) is 76.7 Å². The van der Waals surface area contributed by atoms with Crippen molar-refractivity contribution in [3.8, 4) is 11.5 Å². The van der Waals surface area contributed by atoms with Gasteiger partial charge in [-0.25, -0.2) is 4.39 Å². The Morgan fingerprint density at radius 3 is 2.15 bits per heavy atom. The van der Waals surface area contributed by atoms with Gasteiger partial charge in [-0.2, -0.15) is 0 Å². The monoisotopic (exact) mass is 368 g/mol. The third-order valence-electron chi connectivity index (χ3n) is 3.63. The molecular weight excluding hydrogens is 351 g/mol. The van der Waals surface area contributed by atoms with E-state index in [2.05, 4.69) is 10.9 Å². The van der Waals surface area contributed by atoms with Gasteiger partial charge < -0.3 is 9.47 Å². The minimum atomic E-state index is -0.558. The molecule has 0 spiro atoms. The summed E-state index contributed by atoms with van der Waals surface area (Å²) in [4.78, 5) is 23.5. The van der Waals surface area contributed by atoms with Crippen LogP contribution in [0.5, 0.6) is 11.5 Å². The third kappa shape index (κ3) is 5.18. The second-order valence-corrected chi connectivity index (χ2v) is 5.60. The number of carbonyl (C=O) groups is 2. The number of fused-ring (bicyclic) bond motifs is 1. The molecule has 0 aliphatic heterocycles. The van der Waals surface area contributed by atoms with Gasteiger partial charge in [0.05, 0.1) is 0 Å². The molecule has 0 saturated heterocycles. The summed E-state index contributed by atoms with van der Waals surface area (Å²) in [6.45, 7) is -0.580. The molecule has 2 amide bonds. The molecule has 7 heteroatoms. The van der Waals surface area contributed by atoms with E-state index in [9.17, 15) is 14.0 Å². The van der Waals surface area contributed by atoms with Crippen molar-refractivity contribution in [1.82, 2.24) is 10.9 Å². The SMILES string of the molecule is O=C(COc1ccc(F)cc1)NNC(=O)COc1cccc2ccccc12. The van der Waals surface area contributed by atoms with Crippen molar-refractivity contribution in [3.05, 3.63) is 72.5 Å². The first kappa shape index (κ1) is 18.2. The molecule has 138 valence electrons. The van der Waals surface area contributed by atoms with E-state index in [1.165, 1.54) is 24.3 Å². The Labute approximate surface area is 154 Å². The molecule has 6 nitrogen and oxygen atoms in total. The number of nitrogens with one attached hydrogen (secondary N) is 2. The molecule has 3 aromatic carbocycles. The fourth-order valence-electron chi connectivity index (χ4n) is 2.36.